The Bertz CT molecular complexity index is 610. The van der Waals surface area contributed by atoms with Gasteiger partial charge in [0.2, 0.25) is 0 Å². The average Bonchev–Trinajstić information content (AvgIpc) is 2.45. The molecule has 3 nitrogen and oxygen atoms in total. The molecule has 0 fully saturated rings. The van der Waals surface area contributed by atoms with Crippen LogP contribution in [0.15, 0.2) is 48.5 Å². The van der Waals surface area contributed by atoms with Crippen molar-refractivity contribution < 1.29 is 9.53 Å². The molecule has 0 aromatic heterocycles. The largest absolute Gasteiger partial charge is 0.472 e. The molecule has 0 unspecified atom stereocenters. The first-order chi connectivity index (χ1) is 9.24. The van der Waals surface area contributed by atoms with E-state index in [1.165, 1.54) is 0 Å². The lowest BCUT2D eigenvalue weighted by Crippen LogP contribution is -2.37. The second kappa shape index (κ2) is 4.94. The number of carbonyl (C=O) groups excluding carboxylic acids is 1. The number of rotatable bonds is 2. The van der Waals surface area contributed by atoms with E-state index in [9.17, 15) is 4.79 Å². The molecule has 1 aliphatic heterocycles. The molecule has 2 aromatic rings. The molecule has 1 amide bonds. The van der Waals surface area contributed by atoms with Gasteiger partial charge in [-0.05, 0) is 29.8 Å². The van der Waals surface area contributed by atoms with Gasteiger partial charge >= 0.3 is 0 Å². The van der Waals surface area contributed by atoms with Gasteiger partial charge in [0.15, 0.2) is 6.73 Å². The molecule has 2 aromatic carbocycles. The molecule has 19 heavy (non-hydrogen) atoms. The van der Waals surface area contributed by atoms with E-state index in [2.05, 4.69) is 0 Å². The molecule has 3 rings (SSSR count). The minimum absolute atomic E-state index is 0.00296. The Hall–Kier alpha value is -2.00. The van der Waals surface area contributed by atoms with Crippen molar-refractivity contribution in [3.63, 3.8) is 0 Å². The van der Waals surface area contributed by atoms with Crippen LogP contribution < -0.4 is 4.74 Å². The van der Waals surface area contributed by atoms with Crippen LogP contribution in [0.3, 0.4) is 0 Å². The van der Waals surface area contributed by atoms with Gasteiger partial charge in [-0.15, -0.1) is 0 Å². The van der Waals surface area contributed by atoms with Crippen LogP contribution in [0.1, 0.15) is 15.9 Å². The van der Waals surface area contributed by atoms with Crippen molar-refractivity contribution in [1.82, 2.24) is 4.90 Å². The first-order valence-electron chi connectivity index (χ1n) is 5.99. The van der Waals surface area contributed by atoms with Crippen molar-refractivity contribution in [3.8, 4) is 5.75 Å². The minimum atomic E-state index is -0.00296. The van der Waals surface area contributed by atoms with E-state index in [4.69, 9.17) is 16.3 Å². The monoisotopic (exact) mass is 273 g/mol. The number of ether oxygens (including phenoxy) is 1. The molecular formula is C15H12ClNO2. The van der Waals surface area contributed by atoms with E-state index < -0.39 is 0 Å². The van der Waals surface area contributed by atoms with Crippen LogP contribution in [-0.2, 0) is 6.54 Å². The first-order valence-corrected chi connectivity index (χ1v) is 6.37. The summed E-state index contributed by atoms with van der Waals surface area (Å²) in [5.74, 6) is 0.650. The fourth-order valence-electron chi connectivity index (χ4n) is 2.07. The predicted molar refractivity (Wildman–Crippen MR) is 73.3 cm³/mol. The van der Waals surface area contributed by atoms with Crippen molar-refractivity contribution in [2.24, 2.45) is 0 Å². The highest BCUT2D eigenvalue weighted by molar-refractivity contribution is 6.30. The minimum Gasteiger partial charge on any atom is -0.472 e. The molecule has 0 N–H and O–H groups in total. The molecule has 1 aliphatic rings. The van der Waals surface area contributed by atoms with Crippen LogP contribution in [0.4, 0.5) is 0 Å². The lowest BCUT2D eigenvalue weighted by molar-refractivity contribution is 0.0499. The summed E-state index contributed by atoms with van der Waals surface area (Å²) in [5, 5.41) is 0.690. The summed E-state index contributed by atoms with van der Waals surface area (Å²) < 4.78 is 5.58. The zero-order chi connectivity index (χ0) is 13.2. The number of nitrogens with zero attached hydrogens (tertiary/aromatic N) is 1. The standard InChI is InChI=1S/C15H12ClNO2/c16-12-7-5-11(6-8-12)9-17-10-19-14-4-2-1-3-13(14)15(17)18/h1-8H,9-10H2. The Kier molecular flexibility index (Phi) is 3.13. The Labute approximate surface area is 116 Å². The van der Waals surface area contributed by atoms with Gasteiger partial charge in [-0.3, -0.25) is 4.79 Å². The topological polar surface area (TPSA) is 29.5 Å². The van der Waals surface area contributed by atoms with Crippen molar-refractivity contribution >= 4 is 17.5 Å². The third-order valence-electron chi connectivity index (χ3n) is 3.07. The van der Waals surface area contributed by atoms with E-state index >= 15 is 0 Å². The summed E-state index contributed by atoms with van der Waals surface area (Å²) in [6.45, 7) is 0.794. The van der Waals surface area contributed by atoms with Gasteiger partial charge in [0.05, 0.1) is 5.56 Å². The summed E-state index contributed by atoms with van der Waals surface area (Å²) in [6.07, 6.45) is 0. The average molecular weight is 274 g/mol. The number of fused-ring (bicyclic) bond motifs is 1. The Morgan fingerprint density at radius 3 is 2.63 bits per heavy atom. The smallest absolute Gasteiger partial charge is 0.260 e. The second-order valence-electron chi connectivity index (χ2n) is 4.40. The molecule has 0 aliphatic carbocycles. The third-order valence-corrected chi connectivity index (χ3v) is 3.32. The zero-order valence-electron chi connectivity index (χ0n) is 10.2. The molecule has 0 saturated heterocycles. The Morgan fingerprint density at radius 1 is 1.11 bits per heavy atom. The number of carbonyl (C=O) groups is 1. The van der Waals surface area contributed by atoms with Crippen LogP contribution in [-0.4, -0.2) is 17.5 Å². The highest BCUT2D eigenvalue weighted by atomic mass is 35.5. The number of para-hydroxylation sites is 1. The predicted octanol–water partition coefficient (Wildman–Crippen LogP) is 3.33. The molecular weight excluding hydrogens is 262 g/mol. The summed E-state index contributed by atoms with van der Waals surface area (Å²) in [4.78, 5) is 14.0. The number of amides is 1. The van der Waals surface area contributed by atoms with Gasteiger partial charge in [-0.25, -0.2) is 0 Å². The summed E-state index contributed by atoms with van der Waals surface area (Å²) in [5.41, 5.74) is 1.64. The van der Waals surface area contributed by atoms with E-state index in [-0.39, 0.29) is 12.6 Å². The quantitative estimate of drug-likeness (QED) is 0.840. The SMILES string of the molecule is O=C1c2ccccc2OCN1Cc1ccc(Cl)cc1. The highest BCUT2D eigenvalue weighted by Crippen LogP contribution is 2.25. The zero-order valence-corrected chi connectivity index (χ0v) is 10.9. The van der Waals surface area contributed by atoms with Crippen LogP contribution in [0.2, 0.25) is 5.02 Å². The van der Waals surface area contributed by atoms with Crippen LogP contribution in [0, 0.1) is 0 Å². The highest BCUT2D eigenvalue weighted by Gasteiger charge is 2.24. The van der Waals surface area contributed by atoms with Crippen LogP contribution in [0.25, 0.3) is 0 Å². The van der Waals surface area contributed by atoms with Crippen LogP contribution >= 0.6 is 11.6 Å². The van der Waals surface area contributed by atoms with Gasteiger partial charge < -0.3 is 9.64 Å². The van der Waals surface area contributed by atoms with Gasteiger partial charge in [0.1, 0.15) is 5.75 Å². The van der Waals surface area contributed by atoms with Crippen molar-refractivity contribution in [2.75, 3.05) is 6.73 Å². The maximum atomic E-state index is 12.3. The van der Waals surface area contributed by atoms with Crippen molar-refractivity contribution in [1.29, 1.82) is 0 Å². The van der Waals surface area contributed by atoms with Gasteiger partial charge in [-0.1, -0.05) is 35.9 Å². The number of benzene rings is 2. The third kappa shape index (κ3) is 2.42. The van der Waals surface area contributed by atoms with E-state index in [0.29, 0.717) is 22.9 Å². The van der Waals surface area contributed by atoms with E-state index in [1.807, 2.05) is 42.5 Å². The van der Waals surface area contributed by atoms with Crippen LogP contribution in [0.5, 0.6) is 5.75 Å². The second-order valence-corrected chi connectivity index (χ2v) is 4.84. The van der Waals surface area contributed by atoms with E-state index in [1.54, 1.807) is 11.0 Å². The molecule has 0 spiro atoms. The fourth-order valence-corrected chi connectivity index (χ4v) is 2.20. The summed E-state index contributed by atoms with van der Waals surface area (Å²) in [6, 6.07) is 14.8. The van der Waals surface area contributed by atoms with E-state index in [0.717, 1.165) is 5.56 Å². The molecule has 96 valence electrons. The van der Waals surface area contributed by atoms with Gasteiger partial charge in [-0.2, -0.15) is 0 Å². The number of hydrogen-bond donors (Lipinski definition) is 0. The molecule has 0 bridgehead atoms. The summed E-state index contributed by atoms with van der Waals surface area (Å²) in [7, 11) is 0. The molecule has 0 saturated carbocycles. The Balaban J connectivity index is 1.81. The lowest BCUT2D eigenvalue weighted by Gasteiger charge is -2.28. The molecule has 1 heterocycles. The first kappa shape index (κ1) is 12.1. The maximum absolute atomic E-state index is 12.3. The van der Waals surface area contributed by atoms with Gasteiger partial charge in [0.25, 0.3) is 5.91 Å². The van der Waals surface area contributed by atoms with Crippen molar-refractivity contribution in [2.45, 2.75) is 6.54 Å². The Morgan fingerprint density at radius 2 is 1.84 bits per heavy atom. The normalized spacial score (nSPS) is 13.9. The summed E-state index contributed by atoms with van der Waals surface area (Å²) >= 11 is 5.84. The molecule has 4 heteroatoms. The number of hydrogen-bond acceptors (Lipinski definition) is 2. The fraction of sp³-hybridized carbons (Fsp3) is 0.133. The maximum Gasteiger partial charge on any atom is 0.260 e. The van der Waals surface area contributed by atoms with Gasteiger partial charge in [0, 0.05) is 11.6 Å². The lowest BCUT2D eigenvalue weighted by atomic mass is 10.1. The number of halogens is 1. The molecule has 0 radical (unpaired) electrons. The molecule has 0 atom stereocenters. The van der Waals surface area contributed by atoms with Crippen molar-refractivity contribution in [3.05, 3.63) is 64.7 Å².